The van der Waals surface area contributed by atoms with E-state index in [2.05, 4.69) is 35.5 Å². The van der Waals surface area contributed by atoms with Gasteiger partial charge in [-0.3, -0.25) is 4.99 Å². The summed E-state index contributed by atoms with van der Waals surface area (Å²) < 4.78 is 16.2. The van der Waals surface area contributed by atoms with Gasteiger partial charge in [-0.05, 0) is 29.8 Å². The first kappa shape index (κ1) is 19.4. The average molecular weight is 457 g/mol. The normalized spacial score (nSPS) is 13.3. The van der Waals surface area contributed by atoms with Crippen molar-refractivity contribution in [3.05, 3.63) is 47.9 Å². The second-order valence-electron chi connectivity index (χ2n) is 6.31. The molecule has 0 amide bonds. The van der Waals surface area contributed by atoms with Crippen LogP contribution in [-0.2, 0) is 12.0 Å². The van der Waals surface area contributed by atoms with Gasteiger partial charge in [0.05, 0.1) is 12.8 Å². The standard InChI is InChI=1S/C18H23N3O3.HI/c1-18(2,13-6-7-15-16(9-13)24-12-23-15)11-21-17(19-3)20-10-14-5-4-8-22-14;/h4-9H,10-12H2,1-3H3,(H2,19,20,21);1H. The third kappa shape index (κ3) is 4.81. The SMILES string of the molecule is CN=C(NCc1ccco1)NCC(C)(C)c1ccc2c(c1)OCO2.I. The summed E-state index contributed by atoms with van der Waals surface area (Å²) in [4.78, 5) is 4.25. The van der Waals surface area contributed by atoms with Crippen LogP contribution in [0, 0.1) is 0 Å². The molecule has 6 nitrogen and oxygen atoms in total. The third-order valence-corrected chi connectivity index (χ3v) is 4.09. The minimum absolute atomic E-state index is 0. The zero-order chi connectivity index (χ0) is 17.0. The van der Waals surface area contributed by atoms with Gasteiger partial charge < -0.3 is 24.5 Å². The van der Waals surface area contributed by atoms with E-state index in [-0.39, 0.29) is 29.4 Å². The molecule has 0 saturated carbocycles. The van der Waals surface area contributed by atoms with Gasteiger partial charge in [0.25, 0.3) is 0 Å². The van der Waals surface area contributed by atoms with Crippen LogP contribution in [0.2, 0.25) is 0 Å². The van der Waals surface area contributed by atoms with Crippen LogP contribution in [0.15, 0.2) is 46.0 Å². The lowest BCUT2D eigenvalue weighted by Gasteiger charge is -2.27. The Hall–Kier alpha value is -1.90. The van der Waals surface area contributed by atoms with E-state index in [0.29, 0.717) is 13.3 Å². The van der Waals surface area contributed by atoms with Crippen molar-refractivity contribution < 1.29 is 13.9 Å². The zero-order valence-electron chi connectivity index (χ0n) is 14.7. The van der Waals surface area contributed by atoms with Crippen molar-refractivity contribution >= 4 is 29.9 Å². The van der Waals surface area contributed by atoms with E-state index >= 15 is 0 Å². The topological polar surface area (TPSA) is 68.0 Å². The van der Waals surface area contributed by atoms with E-state index in [1.165, 1.54) is 5.56 Å². The van der Waals surface area contributed by atoms with Crippen molar-refractivity contribution in [1.82, 2.24) is 10.6 Å². The molecule has 0 fully saturated rings. The Bertz CT molecular complexity index is 714. The number of nitrogens with zero attached hydrogens (tertiary/aromatic N) is 1. The van der Waals surface area contributed by atoms with Crippen LogP contribution in [0.3, 0.4) is 0 Å². The van der Waals surface area contributed by atoms with Crippen LogP contribution in [0.25, 0.3) is 0 Å². The highest BCUT2D eigenvalue weighted by molar-refractivity contribution is 14.0. The Morgan fingerprint density at radius 2 is 1.96 bits per heavy atom. The third-order valence-electron chi connectivity index (χ3n) is 4.09. The molecule has 2 N–H and O–H groups in total. The number of benzene rings is 1. The summed E-state index contributed by atoms with van der Waals surface area (Å²) in [6.45, 7) is 5.97. The van der Waals surface area contributed by atoms with E-state index in [9.17, 15) is 0 Å². The van der Waals surface area contributed by atoms with Crippen LogP contribution in [0.5, 0.6) is 11.5 Å². The van der Waals surface area contributed by atoms with Crippen molar-refractivity contribution in [1.29, 1.82) is 0 Å². The lowest BCUT2D eigenvalue weighted by molar-refractivity contribution is 0.174. The number of halogens is 1. The van der Waals surface area contributed by atoms with Crippen LogP contribution >= 0.6 is 24.0 Å². The van der Waals surface area contributed by atoms with Gasteiger partial charge in [0.2, 0.25) is 6.79 Å². The number of ether oxygens (including phenoxy) is 2. The molecule has 0 spiro atoms. The van der Waals surface area contributed by atoms with Crippen LogP contribution < -0.4 is 20.1 Å². The molecule has 0 aliphatic carbocycles. The fourth-order valence-electron chi connectivity index (χ4n) is 2.53. The minimum Gasteiger partial charge on any atom is -0.467 e. The number of nitrogens with one attached hydrogen (secondary N) is 2. The second-order valence-corrected chi connectivity index (χ2v) is 6.31. The fourth-order valence-corrected chi connectivity index (χ4v) is 2.53. The molecule has 2 heterocycles. The van der Waals surface area contributed by atoms with Gasteiger partial charge in [-0.25, -0.2) is 0 Å². The van der Waals surface area contributed by atoms with Gasteiger partial charge in [-0.15, -0.1) is 24.0 Å². The molecule has 1 aromatic heterocycles. The zero-order valence-corrected chi connectivity index (χ0v) is 17.0. The summed E-state index contributed by atoms with van der Waals surface area (Å²) in [5.41, 5.74) is 1.09. The summed E-state index contributed by atoms with van der Waals surface area (Å²) in [6.07, 6.45) is 1.66. The highest BCUT2D eigenvalue weighted by Crippen LogP contribution is 2.36. The molecule has 0 radical (unpaired) electrons. The number of fused-ring (bicyclic) bond motifs is 1. The van der Waals surface area contributed by atoms with Gasteiger partial charge in [0.1, 0.15) is 5.76 Å². The van der Waals surface area contributed by atoms with E-state index in [1.54, 1.807) is 13.3 Å². The maximum absolute atomic E-state index is 5.47. The predicted molar refractivity (Wildman–Crippen MR) is 108 cm³/mol. The Morgan fingerprint density at radius 3 is 2.68 bits per heavy atom. The number of rotatable bonds is 5. The van der Waals surface area contributed by atoms with Gasteiger partial charge in [-0.2, -0.15) is 0 Å². The minimum atomic E-state index is -0.0940. The Balaban J connectivity index is 0.00000225. The largest absolute Gasteiger partial charge is 0.467 e. The van der Waals surface area contributed by atoms with E-state index < -0.39 is 0 Å². The number of aliphatic imine (C=N–C) groups is 1. The predicted octanol–water partition coefficient (Wildman–Crippen LogP) is 3.27. The molecule has 25 heavy (non-hydrogen) atoms. The van der Waals surface area contributed by atoms with E-state index in [0.717, 1.165) is 29.8 Å². The Labute approximate surface area is 165 Å². The monoisotopic (exact) mass is 457 g/mol. The van der Waals surface area contributed by atoms with Gasteiger partial charge in [0.15, 0.2) is 17.5 Å². The first-order valence-electron chi connectivity index (χ1n) is 7.95. The summed E-state index contributed by atoms with van der Waals surface area (Å²) in [5.74, 6) is 3.22. The summed E-state index contributed by atoms with van der Waals surface area (Å²) >= 11 is 0. The number of furan rings is 1. The van der Waals surface area contributed by atoms with Crippen LogP contribution in [0.1, 0.15) is 25.2 Å². The average Bonchev–Trinajstić information content (AvgIpc) is 3.25. The van der Waals surface area contributed by atoms with Crippen molar-refractivity contribution in [2.75, 3.05) is 20.4 Å². The molecule has 7 heteroatoms. The molecule has 1 aliphatic heterocycles. The van der Waals surface area contributed by atoms with E-state index in [1.807, 2.05) is 24.3 Å². The first-order valence-corrected chi connectivity index (χ1v) is 7.95. The number of hydrogen-bond donors (Lipinski definition) is 2. The fraction of sp³-hybridized carbons (Fsp3) is 0.389. The Kier molecular flexibility index (Phi) is 6.57. The second kappa shape index (κ2) is 8.46. The molecule has 0 atom stereocenters. The van der Waals surface area contributed by atoms with Crippen molar-refractivity contribution in [3.63, 3.8) is 0 Å². The molecule has 0 bridgehead atoms. The molecular weight excluding hydrogens is 433 g/mol. The maximum Gasteiger partial charge on any atom is 0.231 e. The van der Waals surface area contributed by atoms with Gasteiger partial charge >= 0.3 is 0 Å². The van der Waals surface area contributed by atoms with Crippen molar-refractivity contribution in [3.8, 4) is 11.5 Å². The summed E-state index contributed by atoms with van der Waals surface area (Å²) in [5, 5.41) is 6.60. The highest BCUT2D eigenvalue weighted by atomic mass is 127. The molecular formula is C18H24IN3O3. The van der Waals surface area contributed by atoms with Crippen molar-refractivity contribution in [2.45, 2.75) is 25.8 Å². The van der Waals surface area contributed by atoms with Gasteiger partial charge in [-0.1, -0.05) is 19.9 Å². The molecule has 3 rings (SSSR count). The molecule has 1 aromatic carbocycles. The lowest BCUT2D eigenvalue weighted by atomic mass is 9.84. The first-order chi connectivity index (χ1) is 11.6. The van der Waals surface area contributed by atoms with Crippen LogP contribution in [0.4, 0.5) is 0 Å². The lowest BCUT2D eigenvalue weighted by Crippen LogP contribution is -2.43. The Morgan fingerprint density at radius 1 is 1.16 bits per heavy atom. The smallest absolute Gasteiger partial charge is 0.231 e. The van der Waals surface area contributed by atoms with Crippen LogP contribution in [-0.4, -0.2) is 26.3 Å². The molecule has 0 saturated heterocycles. The van der Waals surface area contributed by atoms with Crippen molar-refractivity contribution in [2.24, 2.45) is 4.99 Å². The van der Waals surface area contributed by atoms with E-state index in [4.69, 9.17) is 13.9 Å². The molecule has 2 aromatic rings. The molecule has 136 valence electrons. The molecule has 0 unspecified atom stereocenters. The summed E-state index contributed by atoms with van der Waals surface area (Å²) in [6, 6.07) is 9.88. The summed E-state index contributed by atoms with van der Waals surface area (Å²) in [7, 11) is 1.76. The molecule has 1 aliphatic rings. The maximum atomic E-state index is 5.47. The number of hydrogen-bond acceptors (Lipinski definition) is 4. The highest BCUT2D eigenvalue weighted by Gasteiger charge is 2.24. The van der Waals surface area contributed by atoms with Gasteiger partial charge in [0, 0.05) is 19.0 Å². The quantitative estimate of drug-likeness (QED) is 0.410. The number of guanidine groups is 1.